The Morgan fingerprint density at radius 3 is 2.90 bits per heavy atom. The molecule has 0 aliphatic carbocycles. The number of H-pyrrole nitrogens is 1. The minimum atomic E-state index is -3.94. The van der Waals surface area contributed by atoms with Crippen LogP contribution in [0.25, 0.3) is 22.4 Å². The van der Waals surface area contributed by atoms with E-state index in [1.807, 2.05) is 24.4 Å². The Morgan fingerprint density at radius 1 is 1.33 bits per heavy atom. The zero-order chi connectivity index (χ0) is 14.9. The third-order valence-electron chi connectivity index (χ3n) is 3.03. The minimum absolute atomic E-state index is 0.259. The SMILES string of the molecule is O=S(=O)(O)CCCc1nc2[c]c(-c3ccc[nH]3)ccc2o1. The van der Waals surface area contributed by atoms with Crippen LogP contribution in [0, 0.1) is 6.07 Å². The van der Waals surface area contributed by atoms with Crippen LogP contribution in [-0.4, -0.2) is 28.7 Å². The summed E-state index contributed by atoms with van der Waals surface area (Å²) in [4.78, 5) is 7.38. The lowest BCUT2D eigenvalue weighted by atomic mass is 10.1. The number of rotatable bonds is 5. The average molecular weight is 305 g/mol. The van der Waals surface area contributed by atoms with Crippen LogP contribution in [0.5, 0.6) is 0 Å². The van der Waals surface area contributed by atoms with Crippen molar-refractivity contribution in [3.05, 3.63) is 42.4 Å². The van der Waals surface area contributed by atoms with E-state index in [1.165, 1.54) is 0 Å². The van der Waals surface area contributed by atoms with Crippen molar-refractivity contribution in [1.29, 1.82) is 0 Å². The van der Waals surface area contributed by atoms with Crippen LogP contribution in [0.15, 0.2) is 34.9 Å². The lowest BCUT2D eigenvalue weighted by molar-refractivity contribution is 0.477. The second-order valence-corrected chi connectivity index (χ2v) is 6.24. The number of nitrogens with zero attached hydrogens (tertiary/aromatic N) is 1. The molecule has 0 fully saturated rings. The van der Waals surface area contributed by atoms with Gasteiger partial charge in [-0.25, -0.2) is 4.98 Å². The van der Waals surface area contributed by atoms with E-state index in [1.54, 1.807) is 6.07 Å². The van der Waals surface area contributed by atoms with Gasteiger partial charge in [0.15, 0.2) is 11.5 Å². The number of nitrogens with one attached hydrogen (secondary N) is 1. The van der Waals surface area contributed by atoms with Crippen molar-refractivity contribution in [3.8, 4) is 11.3 Å². The first-order chi connectivity index (χ1) is 10.0. The second-order valence-electron chi connectivity index (χ2n) is 4.67. The molecule has 3 rings (SSSR count). The van der Waals surface area contributed by atoms with E-state index < -0.39 is 10.1 Å². The van der Waals surface area contributed by atoms with Crippen LogP contribution < -0.4 is 0 Å². The van der Waals surface area contributed by atoms with Gasteiger partial charge in [-0.05, 0) is 30.7 Å². The molecule has 21 heavy (non-hydrogen) atoms. The molecule has 2 aromatic heterocycles. The molecule has 2 heterocycles. The summed E-state index contributed by atoms with van der Waals surface area (Å²) in [7, 11) is -3.94. The molecular weight excluding hydrogens is 292 g/mol. The van der Waals surface area contributed by atoms with E-state index in [4.69, 9.17) is 8.97 Å². The first-order valence-corrected chi connectivity index (χ1v) is 8.03. The quantitative estimate of drug-likeness (QED) is 0.706. The van der Waals surface area contributed by atoms with Gasteiger partial charge in [-0.3, -0.25) is 4.55 Å². The fourth-order valence-electron chi connectivity index (χ4n) is 2.08. The standard InChI is InChI=1S/C14H13N2O4S/c17-21(18,19)8-2-4-14-16-12-9-10(5-6-13(12)20-14)11-3-1-7-15-11/h1,3,5-7,15H,2,4,8H2,(H,17,18,19). The van der Waals surface area contributed by atoms with Crippen molar-refractivity contribution >= 4 is 21.2 Å². The molecule has 0 saturated carbocycles. The highest BCUT2D eigenvalue weighted by Crippen LogP contribution is 2.23. The molecule has 0 bridgehead atoms. The van der Waals surface area contributed by atoms with E-state index >= 15 is 0 Å². The second kappa shape index (κ2) is 5.34. The summed E-state index contributed by atoms with van der Waals surface area (Å²) in [5.41, 5.74) is 3.02. The normalized spacial score (nSPS) is 12.0. The summed E-state index contributed by atoms with van der Waals surface area (Å²) in [6.45, 7) is 0. The lowest BCUT2D eigenvalue weighted by Crippen LogP contribution is -2.04. The van der Waals surface area contributed by atoms with Crippen molar-refractivity contribution in [2.75, 3.05) is 5.75 Å². The maximum Gasteiger partial charge on any atom is 0.264 e. The number of aryl methyl sites for hydroxylation is 1. The third-order valence-corrected chi connectivity index (χ3v) is 3.84. The number of hydrogen-bond acceptors (Lipinski definition) is 4. The molecular formula is C14H13N2O4S. The number of aromatic nitrogens is 2. The van der Waals surface area contributed by atoms with Gasteiger partial charge in [0.05, 0.1) is 5.75 Å². The molecule has 0 spiro atoms. The Hall–Kier alpha value is -2.12. The van der Waals surface area contributed by atoms with Gasteiger partial charge >= 0.3 is 0 Å². The number of benzene rings is 1. The van der Waals surface area contributed by atoms with E-state index in [-0.39, 0.29) is 12.2 Å². The Bertz CT molecular complexity index is 850. The van der Waals surface area contributed by atoms with Crippen molar-refractivity contribution < 1.29 is 17.4 Å². The summed E-state index contributed by atoms with van der Waals surface area (Å²) < 4.78 is 35.5. The van der Waals surface area contributed by atoms with Crippen molar-refractivity contribution in [2.24, 2.45) is 0 Å². The van der Waals surface area contributed by atoms with Crippen molar-refractivity contribution in [1.82, 2.24) is 9.97 Å². The van der Waals surface area contributed by atoms with Crippen LogP contribution in [0.4, 0.5) is 0 Å². The van der Waals surface area contributed by atoms with Gasteiger partial charge in [-0.1, -0.05) is 0 Å². The minimum Gasteiger partial charge on any atom is -0.441 e. The zero-order valence-corrected chi connectivity index (χ0v) is 11.9. The predicted octanol–water partition coefficient (Wildman–Crippen LogP) is 2.44. The van der Waals surface area contributed by atoms with Crippen LogP contribution in [-0.2, 0) is 16.5 Å². The molecule has 0 amide bonds. The summed E-state index contributed by atoms with van der Waals surface area (Å²) in [6.07, 6.45) is 2.44. The fraction of sp³-hybridized carbons (Fsp3) is 0.214. The van der Waals surface area contributed by atoms with E-state index in [0.29, 0.717) is 23.4 Å². The largest absolute Gasteiger partial charge is 0.441 e. The number of oxazole rings is 1. The highest BCUT2D eigenvalue weighted by molar-refractivity contribution is 7.85. The maximum absolute atomic E-state index is 10.7. The van der Waals surface area contributed by atoms with Gasteiger partial charge in [0, 0.05) is 29.9 Å². The molecule has 3 aromatic rings. The molecule has 0 saturated heterocycles. The Kier molecular flexibility index (Phi) is 3.52. The van der Waals surface area contributed by atoms with Crippen molar-refractivity contribution in [2.45, 2.75) is 12.8 Å². The van der Waals surface area contributed by atoms with Crippen LogP contribution in [0.1, 0.15) is 12.3 Å². The summed E-state index contributed by atoms with van der Waals surface area (Å²) in [6, 6.07) is 10.7. The number of hydrogen-bond donors (Lipinski definition) is 2. The Balaban J connectivity index is 1.80. The molecule has 1 aromatic carbocycles. The topological polar surface area (TPSA) is 96.2 Å². The first-order valence-electron chi connectivity index (χ1n) is 6.42. The van der Waals surface area contributed by atoms with Gasteiger partial charge in [0.1, 0.15) is 5.52 Å². The first kappa shape index (κ1) is 13.8. The summed E-state index contributed by atoms with van der Waals surface area (Å²) in [5, 5.41) is 0. The average Bonchev–Trinajstić information content (AvgIpc) is 3.05. The third kappa shape index (κ3) is 3.32. The number of aromatic amines is 1. The fourth-order valence-corrected chi connectivity index (χ4v) is 2.59. The van der Waals surface area contributed by atoms with E-state index in [0.717, 1.165) is 11.3 Å². The molecule has 6 nitrogen and oxygen atoms in total. The van der Waals surface area contributed by atoms with Gasteiger partial charge in [0.2, 0.25) is 0 Å². The molecule has 109 valence electrons. The molecule has 2 N–H and O–H groups in total. The molecule has 0 aliphatic rings. The Morgan fingerprint density at radius 2 is 2.19 bits per heavy atom. The summed E-state index contributed by atoms with van der Waals surface area (Å²) >= 11 is 0. The Labute approximate surface area is 121 Å². The maximum atomic E-state index is 10.7. The van der Waals surface area contributed by atoms with Gasteiger partial charge in [-0.15, -0.1) is 0 Å². The van der Waals surface area contributed by atoms with E-state index in [2.05, 4.69) is 16.0 Å². The van der Waals surface area contributed by atoms with E-state index in [9.17, 15) is 8.42 Å². The highest BCUT2D eigenvalue weighted by Gasteiger charge is 2.10. The molecule has 0 aliphatic heterocycles. The smallest absolute Gasteiger partial charge is 0.264 e. The lowest BCUT2D eigenvalue weighted by Gasteiger charge is -1.95. The zero-order valence-electron chi connectivity index (χ0n) is 11.0. The van der Waals surface area contributed by atoms with Crippen LogP contribution in [0.2, 0.25) is 0 Å². The highest BCUT2D eigenvalue weighted by atomic mass is 32.2. The van der Waals surface area contributed by atoms with Gasteiger partial charge in [-0.2, -0.15) is 8.42 Å². The van der Waals surface area contributed by atoms with Crippen LogP contribution in [0.3, 0.4) is 0 Å². The molecule has 0 unspecified atom stereocenters. The van der Waals surface area contributed by atoms with Crippen LogP contribution >= 0.6 is 0 Å². The van der Waals surface area contributed by atoms with Crippen molar-refractivity contribution in [3.63, 3.8) is 0 Å². The molecule has 1 radical (unpaired) electrons. The summed E-state index contributed by atoms with van der Waals surface area (Å²) in [5.74, 6) is 0.136. The predicted molar refractivity (Wildman–Crippen MR) is 77.4 cm³/mol. The monoisotopic (exact) mass is 305 g/mol. The van der Waals surface area contributed by atoms with Gasteiger partial charge in [0.25, 0.3) is 10.1 Å². The van der Waals surface area contributed by atoms with Gasteiger partial charge < -0.3 is 9.40 Å². The number of fused-ring (bicyclic) bond motifs is 1. The molecule has 7 heteroatoms. The molecule has 0 atom stereocenters.